The zero-order valence-electron chi connectivity index (χ0n) is 11.0. The molecule has 0 aliphatic carbocycles. The van der Waals surface area contributed by atoms with Crippen LogP contribution in [0.25, 0.3) is 0 Å². The summed E-state index contributed by atoms with van der Waals surface area (Å²) in [6, 6.07) is 10.2. The smallest absolute Gasteiger partial charge is 0.323 e. The Kier molecular flexibility index (Phi) is 5.35. The maximum absolute atomic E-state index is 12.2. The first kappa shape index (κ1) is 15.5. The molecule has 0 unspecified atom stereocenters. The van der Waals surface area contributed by atoms with Gasteiger partial charge in [-0.1, -0.05) is 18.2 Å². The molecule has 2 aromatic rings. The third-order valence-corrected chi connectivity index (χ3v) is 4.62. The van der Waals surface area contributed by atoms with Crippen molar-refractivity contribution >= 4 is 45.0 Å². The number of hydrogen-bond donors (Lipinski definition) is 2. The molecule has 0 saturated heterocycles. The number of urea groups is 1. The van der Waals surface area contributed by atoms with E-state index in [9.17, 15) is 9.59 Å². The van der Waals surface area contributed by atoms with E-state index >= 15 is 0 Å². The van der Waals surface area contributed by atoms with Gasteiger partial charge in [-0.25, -0.2) is 4.79 Å². The number of hydrogen-bond acceptors (Lipinski definition) is 3. The number of amides is 2. The first-order chi connectivity index (χ1) is 10.1. The largest absolute Gasteiger partial charge is 0.480 e. The third-order valence-electron chi connectivity index (χ3n) is 2.70. The first-order valence-electron chi connectivity index (χ1n) is 6.12. The Bertz CT molecular complexity index is 630. The minimum atomic E-state index is -1.06. The van der Waals surface area contributed by atoms with Crippen LogP contribution in [0.5, 0.6) is 0 Å². The number of nitrogens with one attached hydrogen (secondary N) is 1. The average Bonchev–Trinajstić information content (AvgIpc) is 2.88. The standard InChI is InChI=1S/C14H13BrN2O3S/c15-11-6-7-21-12(11)8-16-14(20)17(9-13(18)19)10-4-2-1-3-5-10/h1-7H,8-9H2,(H,16,20)(H,18,19). The minimum absolute atomic E-state index is 0.347. The Morgan fingerprint density at radius 1 is 1.24 bits per heavy atom. The lowest BCUT2D eigenvalue weighted by molar-refractivity contribution is -0.135. The lowest BCUT2D eigenvalue weighted by atomic mass is 10.3. The Labute approximate surface area is 134 Å². The number of para-hydroxylation sites is 1. The number of benzene rings is 1. The van der Waals surface area contributed by atoms with Gasteiger partial charge in [0.1, 0.15) is 6.54 Å². The van der Waals surface area contributed by atoms with Crippen LogP contribution in [0, 0.1) is 0 Å². The number of carbonyl (C=O) groups excluding carboxylic acids is 1. The summed E-state index contributed by atoms with van der Waals surface area (Å²) in [7, 11) is 0. The van der Waals surface area contributed by atoms with Crippen LogP contribution in [0.15, 0.2) is 46.3 Å². The molecule has 0 atom stereocenters. The van der Waals surface area contributed by atoms with Gasteiger partial charge in [0, 0.05) is 15.0 Å². The third kappa shape index (κ3) is 4.30. The number of carboxylic acids is 1. The zero-order valence-corrected chi connectivity index (χ0v) is 13.4. The van der Waals surface area contributed by atoms with E-state index in [1.54, 1.807) is 24.3 Å². The Morgan fingerprint density at radius 2 is 1.95 bits per heavy atom. The molecule has 0 aliphatic heterocycles. The van der Waals surface area contributed by atoms with E-state index in [0.717, 1.165) is 9.35 Å². The van der Waals surface area contributed by atoms with Gasteiger partial charge in [0.2, 0.25) is 0 Å². The maximum Gasteiger partial charge on any atom is 0.323 e. The van der Waals surface area contributed by atoms with Crippen LogP contribution >= 0.6 is 27.3 Å². The van der Waals surface area contributed by atoms with Gasteiger partial charge in [-0.15, -0.1) is 11.3 Å². The van der Waals surface area contributed by atoms with Crippen LogP contribution < -0.4 is 10.2 Å². The molecule has 0 radical (unpaired) electrons. The Hall–Kier alpha value is -1.86. The van der Waals surface area contributed by atoms with Crippen molar-refractivity contribution in [2.24, 2.45) is 0 Å². The lowest BCUT2D eigenvalue weighted by Crippen LogP contribution is -2.42. The highest BCUT2D eigenvalue weighted by atomic mass is 79.9. The Balaban J connectivity index is 2.08. The minimum Gasteiger partial charge on any atom is -0.480 e. The number of carbonyl (C=O) groups is 2. The monoisotopic (exact) mass is 368 g/mol. The zero-order chi connectivity index (χ0) is 15.2. The van der Waals surface area contributed by atoms with Gasteiger partial charge in [0.15, 0.2) is 0 Å². The maximum atomic E-state index is 12.2. The van der Waals surface area contributed by atoms with Crippen molar-refractivity contribution in [2.75, 3.05) is 11.4 Å². The second-order valence-electron chi connectivity index (χ2n) is 4.17. The van der Waals surface area contributed by atoms with Crippen molar-refractivity contribution in [1.29, 1.82) is 0 Å². The molecule has 0 spiro atoms. The van der Waals surface area contributed by atoms with Crippen LogP contribution in [-0.4, -0.2) is 23.7 Å². The van der Waals surface area contributed by atoms with Gasteiger partial charge in [0.25, 0.3) is 0 Å². The van der Waals surface area contributed by atoms with Crippen LogP contribution in [0.2, 0.25) is 0 Å². The summed E-state index contributed by atoms with van der Waals surface area (Å²) in [5, 5.41) is 13.6. The van der Waals surface area contributed by atoms with E-state index in [4.69, 9.17) is 5.11 Å². The molecule has 2 N–H and O–H groups in total. The molecule has 7 heteroatoms. The summed E-state index contributed by atoms with van der Waals surface area (Å²) in [5.41, 5.74) is 0.544. The van der Waals surface area contributed by atoms with E-state index in [2.05, 4.69) is 21.2 Å². The highest BCUT2D eigenvalue weighted by Crippen LogP contribution is 2.22. The fraction of sp³-hybridized carbons (Fsp3) is 0.143. The molecule has 2 rings (SSSR count). The van der Waals surface area contributed by atoms with E-state index in [0.29, 0.717) is 12.2 Å². The van der Waals surface area contributed by atoms with Crippen molar-refractivity contribution < 1.29 is 14.7 Å². The highest BCUT2D eigenvalue weighted by Gasteiger charge is 2.18. The second-order valence-corrected chi connectivity index (χ2v) is 6.02. The summed E-state index contributed by atoms with van der Waals surface area (Å²) in [4.78, 5) is 25.4. The van der Waals surface area contributed by atoms with Crippen molar-refractivity contribution in [3.8, 4) is 0 Å². The van der Waals surface area contributed by atoms with E-state index in [1.165, 1.54) is 16.2 Å². The Morgan fingerprint density at radius 3 is 2.52 bits per heavy atom. The number of carboxylic acid groups (broad SMARTS) is 1. The first-order valence-corrected chi connectivity index (χ1v) is 7.79. The summed E-state index contributed by atoms with van der Waals surface area (Å²) in [5.74, 6) is -1.06. The summed E-state index contributed by atoms with van der Waals surface area (Å²) in [6.07, 6.45) is 0. The van der Waals surface area contributed by atoms with Crippen molar-refractivity contribution in [2.45, 2.75) is 6.54 Å². The van der Waals surface area contributed by atoms with Gasteiger partial charge < -0.3 is 10.4 Å². The van der Waals surface area contributed by atoms with Crippen LogP contribution in [0.3, 0.4) is 0 Å². The van der Waals surface area contributed by atoms with Gasteiger partial charge in [-0.05, 0) is 39.5 Å². The summed E-state index contributed by atoms with van der Waals surface area (Å²) < 4.78 is 0.928. The SMILES string of the molecule is O=C(O)CN(C(=O)NCc1sccc1Br)c1ccccc1. The number of rotatable bonds is 5. The van der Waals surface area contributed by atoms with E-state index in [1.807, 2.05) is 17.5 Å². The topological polar surface area (TPSA) is 69.6 Å². The predicted octanol–water partition coefficient (Wildman–Crippen LogP) is 3.31. The summed E-state index contributed by atoms with van der Waals surface area (Å²) in [6.45, 7) is -0.0402. The molecule has 2 amide bonds. The molecule has 0 aliphatic rings. The lowest BCUT2D eigenvalue weighted by Gasteiger charge is -2.21. The molecular formula is C14H13BrN2O3S. The molecule has 0 saturated carbocycles. The number of thiophene rings is 1. The molecule has 0 bridgehead atoms. The quantitative estimate of drug-likeness (QED) is 0.850. The molecule has 1 aromatic heterocycles. The molecule has 1 aromatic carbocycles. The van der Waals surface area contributed by atoms with Gasteiger partial charge >= 0.3 is 12.0 Å². The molecule has 0 fully saturated rings. The van der Waals surface area contributed by atoms with Crippen LogP contribution in [0.4, 0.5) is 10.5 Å². The van der Waals surface area contributed by atoms with Gasteiger partial charge in [-0.3, -0.25) is 9.69 Å². The van der Waals surface area contributed by atoms with E-state index < -0.39 is 12.0 Å². The normalized spacial score (nSPS) is 10.1. The van der Waals surface area contributed by atoms with Crippen molar-refractivity contribution in [3.63, 3.8) is 0 Å². The summed E-state index contributed by atoms with van der Waals surface area (Å²) >= 11 is 4.91. The fourth-order valence-corrected chi connectivity index (χ4v) is 3.16. The average molecular weight is 369 g/mol. The number of halogens is 1. The van der Waals surface area contributed by atoms with Crippen molar-refractivity contribution in [1.82, 2.24) is 5.32 Å². The van der Waals surface area contributed by atoms with Gasteiger partial charge in [0.05, 0.1) is 6.54 Å². The number of anilines is 1. The predicted molar refractivity (Wildman–Crippen MR) is 85.7 cm³/mol. The molecular weight excluding hydrogens is 356 g/mol. The van der Waals surface area contributed by atoms with Crippen LogP contribution in [0.1, 0.15) is 4.88 Å². The molecule has 1 heterocycles. The van der Waals surface area contributed by atoms with Crippen molar-refractivity contribution in [3.05, 3.63) is 51.1 Å². The fourth-order valence-electron chi connectivity index (χ4n) is 1.73. The number of aliphatic carboxylic acids is 1. The number of nitrogens with zero attached hydrogens (tertiary/aromatic N) is 1. The van der Waals surface area contributed by atoms with Gasteiger partial charge in [-0.2, -0.15) is 0 Å². The highest BCUT2D eigenvalue weighted by molar-refractivity contribution is 9.10. The molecule has 21 heavy (non-hydrogen) atoms. The van der Waals surface area contributed by atoms with Crippen LogP contribution in [-0.2, 0) is 11.3 Å². The molecule has 110 valence electrons. The molecule has 5 nitrogen and oxygen atoms in total. The second kappa shape index (κ2) is 7.24. The van der Waals surface area contributed by atoms with E-state index in [-0.39, 0.29) is 6.54 Å².